The monoisotopic (exact) mass is 510 g/mol. The number of hydrogen-bond donors (Lipinski definition) is 0. The first kappa shape index (κ1) is 26.8. The van der Waals surface area contributed by atoms with E-state index in [0.29, 0.717) is 23.3 Å². The molecular formula is C32H38N2O2Si. The van der Waals surface area contributed by atoms with Gasteiger partial charge in [-0.25, -0.2) is 4.98 Å². The highest BCUT2D eigenvalue weighted by Gasteiger charge is 2.51. The fourth-order valence-electron chi connectivity index (χ4n) is 5.43. The second kappa shape index (κ2) is 9.88. The Balaban J connectivity index is 1.87. The van der Waals surface area contributed by atoms with Crippen LogP contribution in [-0.2, 0) is 16.9 Å². The third-order valence-corrected chi connectivity index (χ3v) is 12.2. The van der Waals surface area contributed by atoms with Crippen LogP contribution in [0.2, 0.25) is 5.04 Å². The van der Waals surface area contributed by atoms with Gasteiger partial charge < -0.3 is 4.43 Å². The Morgan fingerprint density at radius 3 is 1.97 bits per heavy atom. The van der Waals surface area contributed by atoms with Crippen molar-refractivity contribution in [3.8, 4) is 0 Å². The molecule has 0 aliphatic carbocycles. The molecule has 0 radical (unpaired) electrons. The molecule has 4 rings (SSSR count). The molecule has 0 amide bonds. The molecule has 0 bridgehead atoms. The SMILES string of the molecule is C=Cc1cc(C)cc2c(=O)n(C)c(C(C)(C)CO[Si](c3ccccc3)(c3ccccc3)C(C)(C)C)nc12. The Labute approximate surface area is 221 Å². The summed E-state index contributed by atoms with van der Waals surface area (Å²) in [5, 5.41) is 2.94. The fraction of sp³-hybridized carbons (Fsp3) is 0.312. The standard InChI is InChI=1S/C32H38N2O2Si/c1-9-24-20-23(2)21-27-28(24)33-30(34(8)29(27)35)32(6,7)22-36-37(31(3,4)5,25-16-12-10-13-17-25)26-18-14-11-15-19-26/h9-21H,1,22H2,2-8H3. The van der Waals surface area contributed by atoms with Gasteiger partial charge in [-0.15, -0.1) is 0 Å². The van der Waals surface area contributed by atoms with Crippen molar-refractivity contribution in [2.45, 2.75) is 52.0 Å². The van der Waals surface area contributed by atoms with Gasteiger partial charge in [0.15, 0.2) is 0 Å². The summed E-state index contributed by atoms with van der Waals surface area (Å²) >= 11 is 0. The number of benzene rings is 3. The largest absolute Gasteiger partial charge is 0.406 e. The minimum absolute atomic E-state index is 0.0506. The second-order valence-electron chi connectivity index (χ2n) is 11.6. The Morgan fingerprint density at radius 2 is 1.49 bits per heavy atom. The predicted molar refractivity (Wildman–Crippen MR) is 158 cm³/mol. The van der Waals surface area contributed by atoms with E-state index in [0.717, 1.165) is 11.1 Å². The van der Waals surface area contributed by atoms with Crippen LogP contribution in [-0.4, -0.2) is 24.5 Å². The number of hydrogen-bond acceptors (Lipinski definition) is 3. The van der Waals surface area contributed by atoms with Gasteiger partial charge in [-0.3, -0.25) is 9.36 Å². The zero-order valence-electron chi connectivity index (χ0n) is 23.1. The third-order valence-electron chi connectivity index (χ3n) is 7.25. The van der Waals surface area contributed by atoms with E-state index in [1.807, 2.05) is 38.2 Å². The molecule has 0 atom stereocenters. The molecule has 0 unspecified atom stereocenters. The highest BCUT2D eigenvalue weighted by molar-refractivity contribution is 6.99. The molecule has 0 saturated carbocycles. The maximum Gasteiger partial charge on any atom is 0.261 e. The predicted octanol–water partition coefficient (Wildman–Crippen LogP) is 5.74. The highest BCUT2D eigenvalue weighted by atomic mass is 28.4. The van der Waals surface area contributed by atoms with Crippen molar-refractivity contribution in [2.24, 2.45) is 7.05 Å². The van der Waals surface area contributed by atoms with E-state index in [-0.39, 0.29) is 10.6 Å². The minimum atomic E-state index is -2.73. The van der Waals surface area contributed by atoms with Crippen LogP contribution in [0.4, 0.5) is 0 Å². The maximum atomic E-state index is 13.5. The van der Waals surface area contributed by atoms with Gasteiger partial charge in [0.1, 0.15) is 5.82 Å². The van der Waals surface area contributed by atoms with E-state index < -0.39 is 13.7 Å². The van der Waals surface area contributed by atoms with Crippen molar-refractivity contribution >= 4 is 35.7 Å². The molecule has 192 valence electrons. The average molecular weight is 511 g/mol. The first-order chi connectivity index (χ1) is 17.4. The third kappa shape index (κ3) is 4.74. The number of fused-ring (bicyclic) bond motifs is 1. The lowest BCUT2D eigenvalue weighted by molar-refractivity contribution is 0.216. The van der Waals surface area contributed by atoms with Crippen molar-refractivity contribution < 1.29 is 4.43 Å². The molecule has 37 heavy (non-hydrogen) atoms. The summed E-state index contributed by atoms with van der Waals surface area (Å²) in [6.07, 6.45) is 1.78. The minimum Gasteiger partial charge on any atom is -0.406 e. The van der Waals surface area contributed by atoms with Crippen LogP contribution >= 0.6 is 0 Å². The van der Waals surface area contributed by atoms with E-state index in [4.69, 9.17) is 9.41 Å². The Morgan fingerprint density at radius 1 is 0.946 bits per heavy atom. The molecule has 4 aromatic rings. The van der Waals surface area contributed by atoms with E-state index in [9.17, 15) is 4.79 Å². The van der Waals surface area contributed by atoms with Crippen LogP contribution < -0.4 is 15.9 Å². The summed E-state index contributed by atoms with van der Waals surface area (Å²) in [5.41, 5.74) is 2.00. The summed E-state index contributed by atoms with van der Waals surface area (Å²) in [7, 11) is -0.923. The van der Waals surface area contributed by atoms with Gasteiger partial charge in [0.2, 0.25) is 0 Å². The van der Waals surface area contributed by atoms with Crippen LogP contribution in [0.5, 0.6) is 0 Å². The van der Waals surface area contributed by atoms with Crippen molar-refractivity contribution in [1.29, 1.82) is 0 Å². The molecule has 4 nitrogen and oxygen atoms in total. The lowest BCUT2D eigenvalue weighted by Crippen LogP contribution is -2.67. The molecule has 0 fully saturated rings. The molecule has 5 heteroatoms. The fourth-order valence-corrected chi connectivity index (χ4v) is 10.2. The molecular weight excluding hydrogens is 472 g/mol. The molecule has 3 aromatic carbocycles. The molecule has 0 aliphatic heterocycles. The summed E-state index contributed by atoms with van der Waals surface area (Å²) in [4.78, 5) is 18.5. The number of aromatic nitrogens is 2. The number of aryl methyl sites for hydroxylation is 1. The first-order valence-electron chi connectivity index (χ1n) is 12.8. The molecule has 0 aliphatic rings. The normalized spacial score (nSPS) is 12.6. The topological polar surface area (TPSA) is 44.1 Å². The zero-order valence-corrected chi connectivity index (χ0v) is 24.1. The molecule has 0 spiro atoms. The highest BCUT2D eigenvalue weighted by Crippen LogP contribution is 2.38. The molecule has 0 N–H and O–H groups in total. The van der Waals surface area contributed by atoms with Crippen molar-refractivity contribution in [3.63, 3.8) is 0 Å². The smallest absolute Gasteiger partial charge is 0.261 e. The Hall–Kier alpha value is -3.28. The average Bonchev–Trinajstić information content (AvgIpc) is 2.86. The van der Waals surface area contributed by atoms with Crippen molar-refractivity contribution in [2.75, 3.05) is 6.61 Å². The second-order valence-corrected chi connectivity index (χ2v) is 15.9. The number of nitrogens with zero attached hydrogens (tertiary/aromatic N) is 2. The lowest BCUT2D eigenvalue weighted by atomic mass is 9.93. The van der Waals surface area contributed by atoms with Crippen LogP contribution in [0, 0.1) is 6.92 Å². The van der Waals surface area contributed by atoms with Gasteiger partial charge in [0.25, 0.3) is 13.9 Å². The zero-order chi connectivity index (χ0) is 27.0. The molecule has 1 heterocycles. The summed E-state index contributed by atoms with van der Waals surface area (Å²) in [6.45, 7) is 17.4. The lowest BCUT2D eigenvalue weighted by Gasteiger charge is -2.44. The number of rotatable bonds is 7. The van der Waals surface area contributed by atoms with E-state index in [1.165, 1.54) is 10.4 Å². The van der Waals surface area contributed by atoms with Crippen LogP contribution in [0.15, 0.2) is 84.2 Å². The van der Waals surface area contributed by atoms with Crippen molar-refractivity contribution in [3.05, 3.63) is 107 Å². The summed E-state index contributed by atoms with van der Waals surface area (Å²) < 4.78 is 8.92. The van der Waals surface area contributed by atoms with E-state index in [2.05, 4.69) is 89.7 Å². The van der Waals surface area contributed by atoms with Crippen LogP contribution in [0.25, 0.3) is 17.0 Å². The Bertz CT molecular complexity index is 1440. The molecule has 1 aromatic heterocycles. The van der Waals surface area contributed by atoms with E-state index in [1.54, 1.807) is 10.6 Å². The summed E-state index contributed by atoms with van der Waals surface area (Å²) in [5.74, 6) is 0.704. The first-order valence-corrected chi connectivity index (χ1v) is 14.7. The van der Waals surface area contributed by atoms with Crippen LogP contribution in [0.3, 0.4) is 0 Å². The van der Waals surface area contributed by atoms with E-state index >= 15 is 0 Å². The van der Waals surface area contributed by atoms with Crippen LogP contribution in [0.1, 0.15) is 51.6 Å². The van der Waals surface area contributed by atoms with Gasteiger partial charge in [0, 0.05) is 24.6 Å². The molecule has 0 saturated heterocycles. The van der Waals surface area contributed by atoms with Gasteiger partial charge in [-0.2, -0.15) is 0 Å². The summed E-state index contributed by atoms with van der Waals surface area (Å²) in [6, 6.07) is 25.2. The van der Waals surface area contributed by atoms with Crippen molar-refractivity contribution in [1.82, 2.24) is 9.55 Å². The Kier molecular flexibility index (Phi) is 7.15. The maximum absolute atomic E-state index is 13.5. The van der Waals surface area contributed by atoms with Gasteiger partial charge in [-0.05, 0) is 40.0 Å². The van der Waals surface area contributed by atoms with Gasteiger partial charge in [-0.1, -0.05) is 108 Å². The van der Waals surface area contributed by atoms with Gasteiger partial charge >= 0.3 is 0 Å². The van der Waals surface area contributed by atoms with Gasteiger partial charge in [0.05, 0.1) is 10.9 Å². The quantitative estimate of drug-likeness (QED) is 0.298.